The van der Waals surface area contributed by atoms with Crippen LogP contribution in [0.5, 0.6) is 0 Å². The first kappa shape index (κ1) is 20.6. The number of hydrogen-bond acceptors (Lipinski definition) is 4. The molecule has 0 saturated carbocycles. The van der Waals surface area contributed by atoms with Gasteiger partial charge in [-0.05, 0) is 18.6 Å². The quantitative estimate of drug-likeness (QED) is 0.744. The summed E-state index contributed by atoms with van der Waals surface area (Å²) in [6.07, 6.45) is -5.35. The smallest absolute Gasteiger partial charge is 0.437 e. The second-order valence-corrected chi connectivity index (χ2v) is 6.37. The van der Waals surface area contributed by atoms with Gasteiger partial charge in [0, 0.05) is 7.05 Å². The Morgan fingerprint density at radius 2 is 2.04 bits per heavy atom. The maximum Gasteiger partial charge on any atom is 0.437 e. The summed E-state index contributed by atoms with van der Waals surface area (Å²) in [5, 5.41) is 12.6. The van der Waals surface area contributed by atoms with Gasteiger partial charge in [-0.2, -0.15) is 13.2 Å². The first-order valence-electron chi connectivity index (χ1n) is 7.40. The average Bonchev–Trinajstić information content (AvgIpc) is 2.54. The Balaban J connectivity index is 2.71. The number of rotatable bonds is 3. The lowest BCUT2D eigenvalue weighted by Crippen LogP contribution is -2.73. The fraction of sp³-hybridized carbons (Fsp3) is 0.467. The molecule has 1 aromatic carbocycles. The van der Waals surface area contributed by atoms with Crippen LogP contribution in [0.1, 0.15) is 18.5 Å². The van der Waals surface area contributed by atoms with E-state index in [2.05, 4.69) is 5.32 Å². The zero-order valence-electron chi connectivity index (χ0n) is 13.6. The number of benzene rings is 1. The Labute approximate surface area is 156 Å². The van der Waals surface area contributed by atoms with Crippen molar-refractivity contribution in [3.05, 3.63) is 33.8 Å². The van der Waals surface area contributed by atoms with Crippen LogP contribution in [0.2, 0.25) is 10.0 Å². The zero-order valence-corrected chi connectivity index (χ0v) is 15.1. The van der Waals surface area contributed by atoms with Gasteiger partial charge in [-0.25, -0.2) is 4.79 Å². The maximum absolute atomic E-state index is 13.7. The van der Waals surface area contributed by atoms with Crippen molar-refractivity contribution in [2.75, 3.05) is 13.7 Å². The molecule has 0 radical (unpaired) electrons. The molecule has 1 aromatic rings. The number of nitrogens with zero attached hydrogens (tertiary/aromatic N) is 1. The summed E-state index contributed by atoms with van der Waals surface area (Å²) in [5.41, 5.74) is -3.86. The molecule has 0 bridgehead atoms. The van der Waals surface area contributed by atoms with Crippen LogP contribution in [-0.4, -0.2) is 47.6 Å². The standard InChI is InChI=1S/C15H15Cl2F3N2O4/c1-3-26-12(23)9-11(7-5-4-6-8(16)10(7)17)21-13(24)22(2)14(9,25)15(18,19)20/h4-6,9,11,25H,3H2,1-2H3,(H,21,24)/t9-,11+,14-/m1/s1. The molecule has 0 aliphatic carbocycles. The van der Waals surface area contributed by atoms with Gasteiger partial charge in [0.1, 0.15) is 5.92 Å². The second kappa shape index (κ2) is 7.13. The van der Waals surface area contributed by atoms with Crippen molar-refractivity contribution in [3.8, 4) is 0 Å². The SMILES string of the molecule is CCOC(=O)[C@H]1[C@H](c2cccc(Cl)c2Cl)NC(=O)N(C)[C@]1(O)C(F)(F)F. The maximum atomic E-state index is 13.7. The highest BCUT2D eigenvalue weighted by Crippen LogP contribution is 2.48. The number of ether oxygens (including phenoxy) is 1. The van der Waals surface area contributed by atoms with Crippen molar-refractivity contribution in [2.24, 2.45) is 5.92 Å². The van der Waals surface area contributed by atoms with E-state index in [1.807, 2.05) is 0 Å². The van der Waals surface area contributed by atoms with Crippen LogP contribution in [0, 0.1) is 5.92 Å². The normalized spacial score (nSPS) is 26.5. The molecule has 1 heterocycles. The van der Waals surface area contributed by atoms with E-state index >= 15 is 0 Å². The molecule has 3 atom stereocenters. The third-order valence-corrected chi connectivity index (χ3v) is 4.97. The fourth-order valence-corrected chi connectivity index (χ4v) is 3.25. The Hall–Kier alpha value is -1.71. The Morgan fingerprint density at radius 1 is 1.42 bits per heavy atom. The third kappa shape index (κ3) is 3.19. The van der Waals surface area contributed by atoms with Gasteiger partial charge >= 0.3 is 18.2 Å². The highest BCUT2D eigenvalue weighted by Gasteiger charge is 2.70. The number of hydrogen-bond donors (Lipinski definition) is 2. The van der Waals surface area contributed by atoms with Gasteiger partial charge < -0.3 is 15.2 Å². The molecular formula is C15H15Cl2F3N2O4. The van der Waals surface area contributed by atoms with Gasteiger partial charge in [0.05, 0.1) is 22.7 Å². The lowest BCUT2D eigenvalue weighted by molar-refractivity contribution is -0.328. The van der Waals surface area contributed by atoms with Crippen LogP contribution in [0.25, 0.3) is 0 Å². The van der Waals surface area contributed by atoms with Gasteiger partial charge in [-0.15, -0.1) is 0 Å². The van der Waals surface area contributed by atoms with Crippen molar-refractivity contribution >= 4 is 35.2 Å². The number of urea groups is 1. The zero-order chi connectivity index (χ0) is 19.9. The number of amides is 2. The molecule has 2 amide bonds. The predicted molar refractivity (Wildman–Crippen MR) is 86.6 cm³/mol. The van der Waals surface area contributed by atoms with Crippen molar-refractivity contribution in [1.29, 1.82) is 0 Å². The summed E-state index contributed by atoms with van der Waals surface area (Å²) < 4.78 is 45.9. The number of esters is 1. The average molecular weight is 415 g/mol. The molecule has 2 N–H and O–H groups in total. The molecule has 1 saturated heterocycles. The number of carbonyl (C=O) groups excluding carboxylic acids is 2. The van der Waals surface area contributed by atoms with Gasteiger partial charge in [0.15, 0.2) is 0 Å². The first-order chi connectivity index (χ1) is 12.0. The van der Waals surface area contributed by atoms with Crippen molar-refractivity contribution in [3.63, 3.8) is 0 Å². The molecule has 26 heavy (non-hydrogen) atoms. The fourth-order valence-electron chi connectivity index (χ4n) is 2.83. The minimum Gasteiger partial charge on any atom is -0.466 e. The van der Waals surface area contributed by atoms with Gasteiger partial charge in [-0.3, -0.25) is 9.69 Å². The molecule has 1 aliphatic heterocycles. The molecule has 144 valence electrons. The predicted octanol–water partition coefficient (Wildman–Crippen LogP) is 3.12. The van der Waals surface area contributed by atoms with E-state index in [9.17, 15) is 27.9 Å². The molecule has 1 fully saturated rings. The molecule has 6 nitrogen and oxygen atoms in total. The van der Waals surface area contributed by atoms with Crippen LogP contribution in [0.4, 0.5) is 18.0 Å². The van der Waals surface area contributed by atoms with E-state index in [4.69, 9.17) is 27.9 Å². The van der Waals surface area contributed by atoms with Crippen LogP contribution < -0.4 is 5.32 Å². The molecule has 1 aliphatic rings. The number of nitrogens with one attached hydrogen (secondary N) is 1. The highest BCUT2D eigenvalue weighted by atomic mass is 35.5. The Kier molecular flexibility index (Phi) is 5.65. The van der Waals surface area contributed by atoms with Gasteiger partial charge in [0.2, 0.25) is 0 Å². The van der Waals surface area contributed by atoms with Crippen molar-refractivity contribution in [1.82, 2.24) is 10.2 Å². The summed E-state index contributed by atoms with van der Waals surface area (Å²) in [7, 11) is 0.727. The van der Waals surface area contributed by atoms with E-state index in [1.165, 1.54) is 25.1 Å². The largest absolute Gasteiger partial charge is 0.466 e. The van der Waals surface area contributed by atoms with E-state index in [0.29, 0.717) is 0 Å². The molecule has 0 aromatic heterocycles. The summed E-state index contributed by atoms with van der Waals surface area (Å²) in [6.45, 7) is 1.17. The topological polar surface area (TPSA) is 78.9 Å². The summed E-state index contributed by atoms with van der Waals surface area (Å²) in [5.74, 6) is -3.58. The first-order valence-corrected chi connectivity index (χ1v) is 8.16. The van der Waals surface area contributed by atoms with E-state index in [-0.39, 0.29) is 27.1 Å². The van der Waals surface area contributed by atoms with Crippen LogP contribution in [0.3, 0.4) is 0 Å². The Bertz CT molecular complexity index is 731. The monoisotopic (exact) mass is 414 g/mol. The summed E-state index contributed by atoms with van der Waals surface area (Å²) in [6, 6.07) is 1.22. The molecule has 11 heteroatoms. The minimum atomic E-state index is -5.35. The minimum absolute atomic E-state index is 0.00972. The van der Waals surface area contributed by atoms with Crippen LogP contribution in [-0.2, 0) is 9.53 Å². The molecular weight excluding hydrogens is 400 g/mol. The molecule has 2 rings (SSSR count). The summed E-state index contributed by atoms with van der Waals surface area (Å²) in [4.78, 5) is 24.5. The second-order valence-electron chi connectivity index (χ2n) is 5.58. The van der Waals surface area contributed by atoms with E-state index in [0.717, 1.165) is 7.05 Å². The summed E-state index contributed by atoms with van der Waals surface area (Å²) >= 11 is 11.9. The van der Waals surface area contributed by atoms with Gasteiger partial charge in [-0.1, -0.05) is 35.3 Å². The Morgan fingerprint density at radius 3 is 2.58 bits per heavy atom. The van der Waals surface area contributed by atoms with Crippen LogP contribution >= 0.6 is 23.2 Å². The molecule has 0 spiro atoms. The highest BCUT2D eigenvalue weighted by molar-refractivity contribution is 6.42. The van der Waals surface area contributed by atoms with Crippen molar-refractivity contribution < 1.29 is 32.6 Å². The molecule has 0 unspecified atom stereocenters. The van der Waals surface area contributed by atoms with Gasteiger partial charge in [0.25, 0.3) is 5.72 Å². The third-order valence-electron chi connectivity index (χ3n) is 4.14. The van der Waals surface area contributed by atoms with E-state index < -0.39 is 35.9 Å². The number of carbonyl (C=O) groups is 2. The van der Waals surface area contributed by atoms with Crippen molar-refractivity contribution in [2.45, 2.75) is 24.9 Å². The number of aliphatic hydroxyl groups is 1. The van der Waals surface area contributed by atoms with E-state index in [1.54, 1.807) is 0 Å². The number of alkyl halides is 3. The lowest BCUT2D eigenvalue weighted by Gasteiger charge is -2.49. The lowest BCUT2D eigenvalue weighted by atomic mass is 9.81. The van der Waals surface area contributed by atoms with Crippen LogP contribution in [0.15, 0.2) is 18.2 Å². The number of halogens is 5.